The minimum Gasteiger partial charge on any atom is -0.372 e. The second-order valence-corrected chi connectivity index (χ2v) is 3.55. The van der Waals surface area contributed by atoms with Crippen molar-refractivity contribution in [2.24, 2.45) is 5.73 Å². The highest BCUT2D eigenvalue weighted by atomic mass is 35.5. The normalized spacial score (nSPS) is 11.7. The first-order valence-corrected chi connectivity index (χ1v) is 5.29. The number of benzene rings is 1. The van der Waals surface area contributed by atoms with E-state index >= 15 is 0 Å². The van der Waals surface area contributed by atoms with E-state index in [2.05, 4.69) is 43.0 Å². The fourth-order valence-corrected chi connectivity index (χ4v) is 1.58. The van der Waals surface area contributed by atoms with E-state index in [0.29, 0.717) is 0 Å². The van der Waals surface area contributed by atoms with Crippen LogP contribution in [0, 0.1) is 0 Å². The summed E-state index contributed by atoms with van der Waals surface area (Å²) in [5, 5.41) is 0. The van der Waals surface area contributed by atoms with Gasteiger partial charge in [-0.25, -0.2) is 0 Å². The number of nitrogens with two attached hydrogens (primary N) is 1. The first kappa shape index (κ1) is 14.3. The average Bonchev–Trinajstić information content (AvgIpc) is 2.20. The van der Waals surface area contributed by atoms with Gasteiger partial charge in [-0.15, -0.1) is 12.4 Å². The minimum atomic E-state index is 0. The largest absolute Gasteiger partial charge is 0.372 e. The van der Waals surface area contributed by atoms with Crippen LogP contribution in [0.3, 0.4) is 0 Å². The van der Waals surface area contributed by atoms with Gasteiger partial charge >= 0.3 is 0 Å². The quantitative estimate of drug-likeness (QED) is 0.859. The third kappa shape index (κ3) is 3.73. The predicted molar refractivity (Wildman–Crippen MR) is 69.9 cm³/mol. The summed E-state index contributed by atoms with van der Waals surface area (Å²) in [5.41, 5.74) is 8.26. The minimum absolute atomic E-state index is 0. The van der Waals surface area contributed by atoms with E-state index in [-0.39, 0.29) is 18.4 Å². The molecule has 0 bridgehead atoms. The molecule has 1 aromatic carbocycles. The maximum absolute atomic E-state index is 5.79. The Kier molecular flexibility index (Phi) is 6.37. The van der Waals surface area contributed by atoms with Crippen molar-refractivity contribution in [1.29, 1.82) is 0 Å². The van der Waals surface area contributed by atoms with E-state index in [0.717, 1.165) is 13.1 Å². The smallest absolute Gasteiger partial charge is 0.0366 e. The molecule has 0 aliphatic rings. The second-order valence-electron chi connectivity index (χ2n) is 3.55. The lowest BCUT2D eigenvalue weighted by Gasteiger charge is -2.21. The maximum atomic E-state index is 5.79. The molecule has 1 atom stereocenters. The Balaban J connectivity index is 0.00000196. The van der Waals surface area contributed by atoms with Gasteiger partial charge in [0.05, 0.1) is 0 Å². The molecule has 0 radical (unpaired) electrons. The molecule has 0 amide bonds. The van der Waals surface area contributed by atoms with Crippen LogP contribution in [-0.2, 0) is 0 Å². The number of hydrogen-bond donors (Lipinski definition) is 1. The highest BCUT2D eigenvalue weighted by molar-refractivity contribution is 5.85. The van der Waals surface area contributed by atoms with Crippen molar-refractivity contribution in [2.75, 3.05) is 18.0 Å². The summed E-state index contributed by atoms with van der Waals surface area (Å²) < 4.78 is 0. The zero-order valence-electron chi connectivity index (χ0n) is 9.73. The van der Waals surface area contributed by atoms with Crippen LogP contribution < -0.4 is 10.6 Å². The first-order chi connectivity index (χ1) is 6.69. The number of nitrogens with zero attached hydrogens (tertiary/aromatic N) is 1. The molecule has 2 N–H and O–H groups in total. The highest BCUT2D eigenvalue weighted by Gasteiger charge is 2.02. The molecular weight excluding hydrogens is 208 g/mol. The van der Waals surface area contributed by atoms with Crippen LogP contribution in [0.15, 0.2) is 24.3 Å². The average molecular weight is 229 g/mol. The van der Waals surface area contributed by atoms with Crippen molar-refractivity contribution in [3.8, 4) is 0 Å². The molecule has 2 nitrogen and oxygen atoms in total. The summed E-state index contributed by atoms with van der Waals surface area (Å²) in [5.74, 6) is 0. The molecular formula is C12H21ClN2. The third-order valence-corrected chi connectivity index (χ3v) is 2.55. The number of rotatable bonds is 4. The SMILES string of the molecule is CCN(CC)c1ccc([C@H](C)N)cc1.Cl. The number of hydrogen-bond acceptors (Lipinski definition) is 2. The zero-order valence-corrected chi connectivity index (χ0v) is 10.6. The van der Waals surface area contributed by atoms with E-state index in [1.165, 1.54) is 11.3 Å². The molecule has 86 valence electrons. The van der Waals surface area contributed by atoms with Crippen molar-refractivity contribution < 1.29 is 0 Å². The Morgan fingerprint density at radius 2 is 1.60 bits per heavy atom. The fourth-order valence-electron chi connectivity index (χ4n) is 1.58. The molecule has 0 unspecified atom stereocenters. The van der Waals surface area contributed by atoms with Crippen molar-refractivity contribution >= 4 is 18.1 Å². The molecule has 0 aliphatic carbocycles. The third-order valence-electron chi connectivity index (χ3n) is 2.55. The first-order valence-electron chi connectivity index (χ1n) is 5.29. The van der Waals surface area contributed by atoms with Crippen molar-refractivity contribution in [3.63, 3.8) is 0 Å². The van der Waals surface area contributed by atoms with Gasteiger partial charge in [-0.1, -0.05) is 12.1 Å². The summed E-state index contributed by atoms with van der Waals surface area (Å²) in [4.78, 5) is 2.32. The van der Waals surface area contributed by atoms with Crippen LogP contribution in [0.2, 0.25) is 0 Å². The summed E-state index contributed by atoms with van der Waals surface area (Å²) in [7, 11) is 0. The maximum Gasteiger partial charge on any atom is 0.0366 e. The standard InChI is InChI=1S/C12H20N2.ClH/c1-4-14(5-2)12-8-6-11(7-9-12)10(3)13;/h6-10H,4-5,13H2,1-3H3;1H/t10-;/m0./s1. The van der Waals surface area contributed by atoms with Gasteiger partial charge in [0.2, 0.25) is 0 Å². The molecule has 0 aromatic heterocycles. The van der Waals surface area contributed by atoms with Crippen LogP contribution in [0.1, 0.15) is 32.4 Å². The van der Waals surface area contributed by atoms with Gasteiger partial charge in [0, 0.05) is 24.8 Å². The highest BCUT2D eigenvalue weighted by Crippen LogP contribution is 2.17. The Hall–Kier alpha value is -0.730. The zero-order chi connectivity index (χ0) is 10.6. The van der Waals surface area contributed by atoms with Crippen LogP contribution in [0.4, 0.5) is 5.69 Å². The van der Waals surface area contributed by atoms with Gasteiger partial charge in [0.15, 0.2) is 0 Å². The second kappa shape index (κ2) is 6.70. The van der Waals surface area contributed by atoms with Gasteiger partial charge in [0.1, 0.15) is 0 Å². The molecule has 0 saturated carbocycles. The molecule has 0 aliphatic heterocycles. The van der Waals surface area contributed by atoms with E-state index in [4.69, 9.17) is 5.73 Å². The number of halogens is 1. The van der Waals surface area contributed by atoms with Gasteiger partial charge in [-0.2, -0.15) is 0 Å². The molecule has 1 rings (SSSR count). The fraction of sp³-hybridized carbons (Fsp3) is 0.500. The lowest BCUT2D eigenvalue weighted by Crippen LogP contribution is -2.21. The van der Waals surface area contributed by atoms with Crippen LogP contribution in [0.5, 0.6) is 0 Å². The van der Waals surface area contributed by atoms with Crippen molar-refractivity contribution in [1.82, 2.24) is 0 Å². The van der Waals surface area contributed by atoms with E-state index in [1.54, 1.807) is 0 Å². The summed E-state index contributed by atoms with van der Waals surface area (Å²) in [6.45, 7) is 8.44. The molecule has 1 aromatic rings. The molecule has 0 fully saturated rings. The van der Waals surface area contributed by atoms with E-state index in [1.807, 2.05) is 6.92 Å². The predicted octanol–water partition coefficient (Wildman–Crippen LogP) is 2.97. The van der Waals surface area contributed by atoms with Crippen molar-refractivity contribution in [2.45, 2.75) is 26.8 Å². The van der Waals surface area contributed by atoms with Gasteiger partial charge in [-0.05, 0) is 38.5 Å². The summed E-state index contributed by atoms with van der Waals surface area (Å²) in [6.07, 6.45) is 0. The molecule has 3 heteroatoms. The van der Waals surface area contributed by atoms with Gasteiger partial charge in [0.25, 0.3) is 0 Å². The Morgan fingerprint density at radius 1 is 1.13 bits per heavy atom. The molecule has 15 heavy (non-hydrogen) atoms. The molecule has 0 spiro atoms. The summed E-state index contributed by atoms with van der Waals surface area (Å²) in [6, 6.07) is 8.63. The Labute approximate surface area is 98.9 Å². The van der Waals surface area contributed by atoms with E-state index < -0.39 is 0 Å². The van der Waals surface area contributed by atoms with Crippen LogP contribution in [-0.4, -0.2) is 13.1 Å². The Bertz CT molecular complexity index is 265. The molecule has 0 saturated heterocycles. The Morgan fingerprint density at radius 3 is 1.93 bits per heavy atom. The van der Waals surface area contributed by atoms with Crippen molar-refractivity contribution in [3.05, 3.63) is 29.8 Å². The monoisotopic (exact) mass is 228 g/mol. The summed E-state index contributed by atoms with van der Waals surface area (Å²) >= 11 is 0. The topological polar surface area (TPSA) is 29.3 Å². The lowest BCUT2D eigenvalue weighted by molar-refractivity contribution is 0.815. The van der Waals surface area contributed by atoms with Gasteiger partial charge in [-0.3, -0.25) is 0 Å². The van der Waals surface area contributed by atoms with Crippen LogP contribution in [0.25, 0.3) is 0 Å². The lowest BCUT2D eigenvalue weighted by atomic mass is 10.1. The van der Waals surface area contributed by atoms with Gasteiger partial charge < -0.3 is 10.6 Å². The van der Waals surface area contributed by atoms with Crippen LogP contribution >= 0.6 is 12.4 Å². The van der Waals surface area contributed by atoms with E-state index in [9.17, 15) is 0 Å². The number of anilines is 1. The molecule has 0 heterocycles.